The van der Waals surface area contributed by atoms with E-state index in [2.05, 4.69) is 6.92 Å². The largest absolute Gasteiger partial charge is 0.453 e. The van der Waals surface area contributed by atoms with Gasteiger partial charge in [0.05, 0.1) is 12.4 Å². The van der Waals surface area contributed by atoms with Crippen molar-refractivity contribution < 1.29 is 9.52 Å². The molecule has 0 spiro atoms. The summed E-state index contributed by atoms with van der Waals surface area (Å²) in [5.41, 5.74) is 0.711. The number of rotatable bonds is 6. The lowest BCUT2D eigenvalue weighted by Crippen LogP contribution is -1.96. The highest BCUT2D eigenvalue weighted by atomic mass is 35.5. The van der Waals surface area contributed by atoms with Gasteiger partial charge in [-0.15, -0.1) is 0 Å². The summed E-state index contributed by atoms with van der Waals surface area (Å²) in [6.45, 7) is 2.17. The van der Waals surface area contributed by atoms with Crippen molar-refractivity contribution in [1.82, 2.24) is 0 Å². The Balaban J connectivity index is 2.28. The van der Waals surface area contributed by atoms with Crippen LogP contribution in [0.1, 0.15) is 50.7 Å². The Morgan fingerprint density at radius 1 is 1.43 bits per heavy atom. The Bertz CT molecular complexity index is 258. The molecule has 0 amide bonds. The Morgan fingerprint density at radius 2 is 2.21 bits per heavy atom. The van der Waals surface area contributed by atoms with E-state index < -0.39 is 6.10 Å². The van der Waals surface area contributed by atoms with E-state index in [0.717, 1.165) is 12.8 Å². The number of hydrogen-bond acceptors (Lipinski definition) is 2. The van der Waals surface area contributed by atoms with Crippen molar-refractivity contribution >= 4 is 11.6 Å². The van der Waals surface area contributed by atoms with Gasteiger partial charge in [0.25, 0.3) is 0 Å². The summed E-state index contributed by atoms with van der Waals surface area (Å²) in [7, 11) is 0. The summed E-state index contributed by atoms with van der Waals surface area (Å²) in [6, 6.07) is 1.73. The lowest BCUT2D eigenvalue weighted by Gasteiger charge is -2.07. The SMILES string of the molecule is CCCCCCC(O)c1ccoc1Cl. The lowest BCUT2D eigenvalue weighted by molar-refractivity contribution is 0.162. The van der Waals surface area contributed by atoms with E-state index in [9.17, 15) is 5.11 Å². The molecule has 1 atom stereocenters. The van der Waals surface area contributed by atoms with E-state index >= 15 is 0 Å². The Kier molecular flexibility index (Phi) is 5.05. The summed E-state index contributed by atoms with van der Waals surface area (Å²) in [5.74, 6) is 0. The molecule has 0 saturated heterocycles. The minimum atomic E-state index is -0.474. The topological polar surface area (TPSA) is 33.4 Å². The van der Waals surface area contributed by atoms with Crippen molar-refractivity contribution in [3.05, 3.63) is 23.1 Å². The van der Waals surface area contributed by atoms with Crippen LogP contribution in [0, 0.1) is 0 Å². The average molecular weight is 217 g/mol. The van der Waals surface area contributed by atoms with Gasteiger partial charge in [-0.2, -0.15) is 0 Å². The maximum Gasteiger partial charge on any atom is 0.198 e. The van der Waals surface area contributed by atoms with Gasteiger partial charge in [0, 0.05) is 5.56 Å². The number of unbranched alkanes of at least 4 members (excludes halogenated alkanes) is 3. The molecule has 1 rings (SSSR count). The van der Waals surface area contributed by atoms with E-state index in [-0.39, 0.29) is 0 Å². The van der Waals surface area contributed by atoms with Crippen LogP contribution in [0.15, 0.2) is 16.7 Å². The molecule has 1 unspecified atom stereocenters. The Hall–Kier alpha value is -0.470. The third kappa shape index (κ3) is 3.35. The van der Waals surface area contributed by atoms with Crippen LogP contribution in [-0.2, 0) is 0 Å². The predicted octanol–water partition coefficient (Wildman–Crippen LogP) is 3.94. The second-order valence-electron chi connectivity index (χ2n) is 3.51. The molecule has 0 saturated carbocycles. The quantitative estimate of drug-likeness (QED) is 0.731. The minimum Gasteiger partial charge on any atom is -0.453 e. The van der Waals surface area contributed by atoms with Gasteiger partial charge in [-0.25, -0.2) is 0 Å². The number of aliphatic hydroxyl groups excluding tert-OH is 1. The highest BCUT2D eigenvalue weighted by Gasteiger charge is 2.13. The minimum absolute atomic E-state index is 0.313. The molecule has 1 aromatic rings. The molecule has 0 aliphatic heterocycles. The van der Waals surface area contributed by atoms with Crippen molar-refractivity contribution in [2.24, 2.45) is 0 Å². The molecule has 0 radical (unpaired) electrons. The highest BCUT2D eigenvalue weighted by molar-refractivity contribution is 6.29. The van der Waals surface area contributed by atoms with Gasteiger partial charge in [0.2, 0.25) is 0 Å². The van der Waals surface area contributed by atoms with E-state index in [1.54, 1.807) is 6.07 Å². The zero-order valence-electron chi connectivity index (χ0n) is 8.50. The van der Waals surface area contributed by atoms with Crippen LogP contribution >= 0.6 is 11.6 Å². The van der Waals surface area contributed by atoms with Crippen LogP contribution in [0.25, 0.3) is 0 Å². The zero-order chi connectivity index (χ0) is 10.4. The second-order valence-corrected chi connectivity index (χ2v) is 3.86. The van der Waals surface area contributed by atoms with Crippen molar-refractivity contribution in [2.75, 3.05) is 0 Å². The second kappa shape index (κ2) is 6.10. The van der Waals surface area contributed by atoms with E-state index in [1.165, 1.54) is 25.5 Å². The van der Waals surface area contributed by atoms with Crippen LogP contribution in [0.4, 0.5) is 0 Å². The zero-order valence-corrected chi connectivity index (χ0v) is 9.26. The van der Waals surface area contributed by atoms with Gasteiger partial charge in [-0.05, 0) is 24.1 Å². The van der Waals surface area contributed by atoms with Crippen molar-refractivity contribution in [1.29, 1.82) is 0 Å². The van der Waals surface area contributed by atoms with Crippen LogP contribution in [0.2, 0.25) is 5.22 Å². The van der Waals surface area contributed by atoms with E-state index in [0.29, 0.717) is 10.8 Å². The third-order valence-corrected chi connectivity index (χ3v) is 2.64. The van der Waals surface area contributed by atoms with Crippen molar-refractivity contribution in [2.45, 2.75) is 45.1 Å². The fourth-order valence-corrected chi connectivity index (χ4v) is 1.70. The number of halogens is 1. The molecule has 0 fully saturated rings. The molecule has 0 aliphatic rings. The summed E-state index contributed by atoms with van der Waals surface area (Å²) >= 11 is 5.75. The van der Waals surface area contributed by atoms with E-state index in [4.69, 9.17) is 16.0 Å². The van der Waals surface area contributed by atoms with Gasteiger partial charge < -0.3 is 9.52 Å². The van der Waals surface area contributed by atoms with Crippen molar-refractivity contribution in [3.8, 4) is 0 Å². The number of aliphatic hydroxyl groups is 1. The maximum atomic E-state index is 9.75. The first-order valence-electron chi connectivity index (χ1n) is 5.16. The molecule has 1 aromatic heterocycles. The van der Waals surface area contributed by atoms with Gasteiger partial charge in [0.1, 0.15) is 0 Å². The van der Waals surface area contributed by atoms with Crippen molar-refractivity contribution in [3.63, 3.8) is 0 Å². The molecular weight excluding hydrogens is 200 g/mol. The van der Waals surface area contributed by atoms with Crippen LogP contribution < -0.4 is 0 Å². The number of hydrogen-bond donors (Lipinski definition) is 1. The molecule has 2 nitrogen and oxygen atoms in total. The van der Waals surface area contributed by atoms with Crippen LogP contribution in [-0.4, -0.2) is 5.11 Å². The molecule has 0 aromatic carbocycles. The smallest absolute Gasteiger partial charge is 0.198 e. The first-order chi connectivity index (χ1) is 6.75. The first kappa shape index (κ1) is 11.6. The summed E-state index contributed by atoms with van der Waals surface area (Å²) in [5, 5.41) is 10.1. The van der Waals surface area contributed by atoms with Gasteiger partial charge in [-0.3, -0.25) is 0 Å². The predicted molar refractivity (Wildman–Crippen MR) is 57.4 cm³/mol. The van der Waals surface area contributed by atoms with Gasteiger partial charge in [0.15, 0.2) is 5.22 Å². The standard InChI is InChI=1S/C11H17ClO2/c1-2-3-4-5-6-10(13)9-7-8-14-11(9)12/h7-8,10,13H,2-6H2,1H3. The van der Waals surface area contributed by atoms with Crippen LogP contribution in [0.3, 0.4) is 0 Å². The first-order valence-corrected chi connectivity index (χ1v) is 5.54. The van der Waals surface area contributed by atoms with E-state index in [1.807, 2.05) is 0 Å². The highest BCUT2D eigenvalue weighted by Crippen LogP contribution is 2.27. The lowest BCUT2D eigenvalue weighted by atomic mass is 10.1. The molecule has 3 heteroatoms. The number of furan rings is 1. The molecule has 0 aliphatic carbocycles. The van der Waals surface area contributed by atoms with Gasteiger partial charge in [-0.1, -0.05) is 32.6 Å². The summed E-state index contributed by atoms with van der Waals surface area (Å²) in [4.78, 5) is 0. The fourth-order valence-electron chi connectivity index (χ4n) is 1.46. The molecule has 1 N–H and O–H groups in total. The molecule has 14 heavy (non-hydrogen) atoms. The third-order valence-electron chi connectivity index (χ3n) is 2.34. The molecular formula is C11H17ClO2. The van der Waals surface area contributed by atoms with Crippen LogP contribution in [0.5, 0.6) is 0 Å². The fraction of sp³-hybridized carbons (Fsp3) is 0.636. The normalized spacial score (nSPS) is 13.1. The molecule has 80 valence electrons. The molecule has 1 heterocycles. The molecule has 0 bridgehead atoms. The Labute approximate surface area is 89.9 Å². The average Bonchev–Trinajstić information content (AvgIpc) is 2.59. The summed E-state index contributed by atoms with van der Waals surface area (Å²) in [6.07, 6.45) is 6.44. The maximum absolute atomic E-state index is 9.75. The van der Waals surface area contributed by atoms with Gasteiger partial charge >= 0.3 is 0 Å². The Morgan fingerprint density at radius 3 is 2.79 bits per heavy atom. The summed E-state index contributed by atoms with van der Waals surface area (Å²) < 4.78 is 4.92. The monoisotopic (exact) mass is 216 g/mol.